The van der Waals surface area contributed by atoms with Crippen LogP contribution in [0.2, 0.25) is 10.2 Å². The summed E-state index contributed by atoms with van der Waals surface area (Å²) in [6.45, 7) is 1.96. The van der Waals surface area contributed by atoms with Crippen molar-refractivity contribution < 1.29 is 9.59 Å². The second-order valence-electron chi connectivity index (χ2n) is 9.08. The van der Waals surface area contributed by atoms with Gasteiger partial charge >= 0.3 is 0 Å². The van der Waals surface area contributed by atoms with Crippen molar-refractivity contribution in [1.82, 2.24) is 35.5 Å². The fourth-order valence-corrected chi connectivity index (χ4v) is 4.70. The number of imidazole rings is 1. The number of carbonyl (C=O) groups is 2. The summed E-state index contributed by atoms with van der Waals surface area (Å²) in [6.07, 6.45) is 9.14. The molecule has 1 aliphatic heterocycles. The topological polar surface area (TPSA) is 130 Å². The molecular formula is C27H24Cl2N8O2. The van der Waals surface area contributed by atoms with Gasteiger partial charge in [0, 0.05) is 28.6 Å². The third kappa shape index (κ3) is 6.24. The van der Waals surface area contributed by atoms with E-state index in [0.29, 0.717) is 57.0 Å². The summed E-state index contributed by atoms with van der Waals surface area (Å²) in [5.41, 5.74) is 3.10. The number of hydrogen-bond acceptors (Lipinski definition) is 6. The maximum Gasteiger partial charge on any atom is 0.244 e. The van der Waals surface area contributed by atoms with E-state index in [2.05, 4.69) is 31.1 Å². The number of rotatable bonds is 4. The lowest BCUT2D eigenvalue weighted by atomic mass is 10.0. The van der Waals surface area contributed by atoms with Gasteiger partial charge in [0.05, 0.1) is 17.4 Å². The Labute approximate surface area is 234 Å². The Hall–Kier alpha value is -4.28. The van der Waals surface area contributed by atoms with Crippen molar-refractivity contribution in [2.24, 2.45) is 5.92 Å². The standard InChI is InChI=1S/C27H24Cl2N8O2/c1-16-5-4-8-21(27-33-25(26(29)34-27)19-6-2-3-7-20(19)31-24(39)13-16)32-23(38)12-9-17-14-18(28)10-11-22(17)37-15-30-35-36-37/h2-7,9-12,14-16,21H,8,13H2,1H3,(H,31,39)(H,32,38)(H,33,34)/t16?,21-/m0/s1. The van der Waals surface area contributed by atoms with Crippen LogP contribution in [0.5, 0.6) is 0 Å². The SMILES string of the molecule is CC1C=CC[C@H](NC(=O)C=Cc2cc(Cl)ccc2-n2cnnn2)c2nc(c(Cl)[nH]2)-c2ccccc2NC(=O)C1. The minimum absolute atomic E-state index is 0.00317. The Kier molecular flexibility index (Phi) is 7.85. The van der Waals surface area contributed by atoms with Gasteiger partial charge in [0.15, 0.2) is 0 Å². The number of carbonyl (C=O) groups excluding carboxylic acids is 2. The van der Waals surface area contributed by atoms with Gasteiger partial charge in [-0.2, -0.15) is 4.68 Å². The first-order valence-electron chi connectivity index (χ1n) is 12.2. The van der Waals surface area contributed by atoms with Gasteiger partial charge in [-0.15, -0.1) is 5.10 Å². The van der Waals surface area contributed by atoms with Crippen LogP contribution in [-0.2, 0) is 9.59 Å². The molecule has 0 saturated carbocycles. The molecule has 0 spiro atoms. The largest absolute Gasteiger partial charge is 0.342 e. The van der Waals surface area contributed by atoms with E-state index in [1.165, 1.54) is 17.1 Å². The average molecular weight is 563 g/mol. The number of halogens is 2. The van der Waals surface area contributed by atoms with Gasteiger partial charge in [0.2, 0.25) is 11.8 Å². The first-order valence-corrected chi connectivity index (χ1v) is 13.0. The van der Waals surface area contributed by atoms with Crippen LogP contribution in [0.15, 0.2) is 67.0 Å². The van der Waals surface area contributed by atoms with Crippen LogP contribution in [0.3, 0.4) is 0 Å². The van der Waals surface area contributed by atoms with E-state index in [1.54, 1.807) is 24.3 Å². The highest BCUT2D eigenvalue weighted by molar-refractivity contribution is 6.32. The Balaban J connectivity index is 1.44. The van der Waals surface area contributed by atoms with Gasteiger partial charge in [-0.3, -0.25) is 9.59 Å². The lowest BCUT2D eigenvalue weighted by Gasteiger charge is -2.14. The van der Waals surface area contributed by atoms with Gasteiger partial charge in [-0.1, -0.05) is 60.5 Å². The molecule has 0 fully saturated rings. The molecule has 1 unspecified atom stereocenters. The van der Waals surface area contributed by atoms with Crippen LogP contribution in [0, 0.1) is 5.92 Å². The van der Waals surface area contributed by atoms with Crippen molar-refractivity contribution in [3.63, 3.8) is 0 Å². The maximum absolute atomic E-state index is 13.1. The molecule has 1 aliphatic rings. The summed E-state index contributed by atoms with van der Waals surface area (Å²) in [5.74, 6) is 0.0330. The zero-order valence-corrected chi connectivity index (χ0v) is 22.3. The molecular weight excluding hydrogens is 539 g/mol. The molecule has 5 rings (SSSR count). The molecule has 2 aromatic heterocycles. The van der Waals surface area contributed by atoms with E-state index in [1.807, 2.05) is 43.3 Å². The summed E-state index contributed by atoms with van der Waals surface area (Å²) < 4.78 is 1.49. The number of aromatic nitrogens is 6. The van der Waals surface area contributed by atoms with Crippen molar-refractivity contribution in [2.45, 2.75) is 25.8 Å². The smallest absolute Gasteiger partial charge is 0.244 e. The number of benzene rings is 2. The molecule has 2 atom stereocenters. The minimum Gasteiger partial charge on any atom is -0.342 e. The lowest BCUT2D eigenvalue weighted by molar-refractivity contribution is -0.117. The summed E-state index contributed by atoms with van der Waals surface area (Å²) in [5, 5.41) is 18.0. The quantitative estimate of drug-likeness (QED) is 0.233. The molecule has 198 valence electrons. The number of para-hydroxylation sites is 1. The van der Waals surface area contributed by atoms with Crippen molar-refractivity contribution in [2.75, 3.05) is 5.32 Å². The van der Waals surface area contributed by atoms with Crippen molar-refractivity contribution >= 4 is 46.8 Å². The number of allylic oxidation sites excluding steroid dienone is 1. The number of hydrogen-bond donors (Lipinski definition) is 3. The first-order chi connectivity index (χ1) is 18.9. The van der Waals surface area contributed by atoms with Crippen molar-refractivity contribution in [3.8, 4) is 16.9 Å². The second-order valence-corrected chi connectivity index (χ2v) is 9.89. The Morgan fingerprint density at radius 3 is 2.87 bits per heavy atom. The molecule has 0 radical (unpaired) electrons. The van der Waals surface area contributed by atoms with Gasteiger partial charge < -0.3 is 15.6 Å². The van der Waals surface area contributed by atoms with Gasteiger partial charge in [-0.05, 0) is 53.1 Å². The third-order valence-corrected chi connectivity index (χ3v) is 6.63. The molecule has 3 heterocycles. The fourth-order valence-electron chi connectivity index (χ4n) is 4.28. The number of nitrogens with zero attached hydrogens (tertiary/aromatic N) is 5. The van der Waals surface area contributed by atoms with E-state index in [4.69, 9.17) is 28.2 Å². The van der Waals surface area contributed by atoms with Crippen LogP contribution >= 0.6 is 23.2 Å². The fraction of sp³-hybridized carbons (Fsp3) is 0.185. The van der Waals surface area contributed by atoms with Gasteiger partial charge in [-0.25, -0.2) is 4.98 Å². The van der Waals surface area contributed by atoms with Gasteiger partial charge in [0.25, 0.3) is 0 Å². The molecule has 12 heteroatoms. The number of amides is 2. The minimum atomic E-state index is -0.508. The number of anilines is 1. The van der Waals surface area contributed by atoms with Crippen LogP contribution in [0.25, 0.3) is 23.0 Å². The molecule has 2 amide bonds. The highest BCUT2D eigenvalue weighted by Gasteiger charge is 2.22. The zero-order chi connectivity index (χ0) is 27.4. The molecule has 39 heavy (non-hydrogen) atoms. The molecule has 10 nitrogen and oxygen atoms in total. The number of H-pyrrole nitrogens is 1. The Morgan fingerprint density at radius 1 is 1.21 bits per heavy atom. The molecule has 2 bridgehead atoms. The van der Waals surface area contributed by atoms with E-state index < -0.39 is 6.04 Å². The van der Waals surface area contributed by atoms with Crippen molar-refractivity contribution in [3.05, 3.63) is 88.6 Å². The first kappa shape index (κ1) is 26.3. The average Bonchev–Trinajstić information content (AvgIpc) is 3.57. The zero-order valence-electron chi connectivity index (χ0n) is 20.8. The third-order valence-electron chi connectivity index (χ3n) is 6.12. The molecule has 2 aromatic carbocycles. The van der Waals surface area contributed by atoms with Gasteiger partial charge in [0.1, 0.15) is 23.0 Å². The van der Waals surface area contributed by atoms with Crippen LogP contribution in [0.1, 0.15) is 37.2 Å². The monoisotopic (exact) mass is 562 g/mol. The predicted molar refractivity (Wildman–Crippen MR) is 149 cm³/mol. The second kappa shape index (κ2) is 11.6. The summed E-state index contributed by atoms with van der Waals surface area (Å²) in [7, 11) is 0. The van der Waals surface area contributed by atoms with E-state index in [0.717, 1.165) is 0 Å². The number of tetrazole rings is 1. The predicted octanol–water partition coefficient (Wildman–Crippen LogP) is 5.15. The molecule has 0 saturated heterocycles. The summed E-state index contributed by atoms with van der Waals surface area (Å²) in [4.78, 5) is 33.5. The highest BCUT2D eigenvalue weighted by Crippen LogP contribution is 2.34. The molecule has 0 aliphatic carbocycles. The number of nitrogens with one attached hydrogen (secondary N) is 3. The molecule has 4 aromatic rings. The maximum atomic E-state index is 13.1. The van der Waals surface area contributed by atoms with E-state index >= 15 is 0 Å². The summed E-state index contributed by atoms with van der Waals surface area (Å²) in [6, 6.07) is 12.0. The van der Waals surface area contributed by atoms with Crippen LogP contribution in [0.4, 0.5) is 5.69 Å². The molecule has 3 N–H and O–H groups in total. The van der Waals surface area contributed by atoms with E-state index in [9.17, 15) is 9.59 Å². The number of aromatic amines is 1. The Morgan fingerprint density at radius 2 is 2.05 bits per heavy atom. The summed E-state index contributed by atoms with van der Waals surface area (Å²) >= 11 is 12.7. The highest BCUT2D eigenvalue weighted by atomic mass is 35.5. The van der Waals surface area contributed by atoms with Crippen LogP contribution < -0.4 is 10.6 Å². The Bertz CT molecular complexity index is 1560. The number of fused-ring (bicyclic) bond motifs is 4. The van der Waals surface area contributed by atoms with Crippen molar-refractivity contribution in [1.29, 1.82) is 0 Å². The normalized spacial score (nSPS) is 17.6. The van der Waals surface area contributed by atoms with Crippen LogP contribution in [-0.4, -0.2) is 42.0 Å². The lowest BCUT2D eigenvalue weighted by Crippen LogP contribution is -2.27. The van der Waals surface area contributed by atoms with E-state index in [-0.39, 0.29) is 17.7 Å².